The van der Waals surface area contributed by atoms with E-state index in [0.29, 0.717) is 12.2 Å². The van der Waals surface area contributed by atoms with E-state index in [4.69, 9.17) is 9.15 Å². The molecule has 0 atom stereocenters. The Labute approximate surface area is 127 Å². The highest BCUT2D eigenvalue weighted by Gasteiger charge is 2.23. The van der Waals surface area contributed by atoms with Crippen molar-refractivity contribution in [3.8, 4) is 5.75 Å². The lowest BCUT2D eigenvalue weighted by molar-refractivity contribution is 0.355. The highest BCUT2D eigenvalue weighted by atomic mass is 19.1. The number of aryl methyl sites for hydroxylation is 2. The van der Waals surface area contributed by atoms with Gasteiger partial charge in [0.2, 0.25) is 0 Å². The molecule has 0 saturated carbocycles. The third-order valence-electron chi connectivity index (χ3n) is 4.21. The summed E-state index contributed by atoms with van der Waals surface area (Å²) in [5.41, 5.74) is 5.27. The molecule has 1 aliphatic rings. The number of hydrogen-bond acceptors (Lipinski definition) is 2. The first kappa shape index (κ1) is 13.1. The van der Waals surface area contributed by atoms with E-state index in [1.54, 1.807) is 18.4 Å². The molecule has 0 unspecified atom stereocenters. The van der Waals surface area contributed by atoms with Gasteiger partial charge in [-0.3, -0.25) is 0 Å². The first-order valence-corrected chi connectivity index (χ1v) is 7.26. The van der Waals surface area contributed by atoms with Crippen molar-refractivity contribution in [1.29, 1.82) is 0 Å². The van der Waals surface area contributed by atoms with Gasteiger partial charge in [-0.05, 0) is 43.2 Å². The topological polar surface area (TPSA) is 22.4 Å². The molecule has 2 nitrogen and oxygen atoms in total. The van der Waals surface area contributed by atoms with Gasteiger partial charge in [0.15, 0.2) is 0 Å². The number of ether oxygens (including phenoxy) is 1. The Bertz CT molecular complexity index is 919. The van der Waals surface area contributed by atoms with E-state index in [2.05, 4.69) is 0 Å². The van der Waals surface area contributed by atoms with E-state index < -0.39 is 0 Å². The Hall–Kier alpha value is -2.55. The van der Waals surface area contributed by atoms with Gasteiger partial charge < -0.3 is 9.15 Å². The molecule has 1 aromatic heterocycles. The molecule has 22 heavy (non-hydrogen) atoms. The van der Waals surface area contributed by atoms with Gasteiger partial charge in [-0.1, -0.05) is 18.2 Å². The number of furan rings is 1. The molecule has 0 N–H and O–H groups in total. The number of rotatable bonds is 1. The van der Waals surface area contributed by atoms with Crippen LogP contribution in [0.1, 0.15) is 22.3 Å². The third-order valence-corrected chi connectivity index (χ3v) is 4.21. The fourth-order valence-corrected chi connectivity index (χ4v) is 3.08. The van der Waals surface area contributed by atoms with E-state index in [-0.39, 0.29) is 5.82 Å². The van der Waals surface area contributed by atoms with Gasteiger partial charge in [0.05, 0.1) is 6.26 Å². The maximum atomic E-state index is 14.2. The van der Waals surface area contributed by atoms with Crippen LogP contribution in [-0.4, -0.2) is 6.61 Å². The van der Waals surface area contributed by atoms with E-state index in [1.165, 1.54) is 6.07 Å². The minimum absolute atomic E-state index is 0.219. The number of fused-ring (bicyclic) bond motifs is 2. The largest absolute Gasteiger partial charge is 0.488 e. The molecule has 2 aromatic carbocycles. The summed E-state index contributed by atoms with van der Waals surface area (Å²) in [5.74, 6) is 0.561. The fourth-order valence-electron chi connectivity index (χ4n) is 3.08. The van der Waals surface area contributed by atoms with Gasteiger partial charge in [0, 0.05) is 22.1 Å². The molecule has 3 aromatic rings. The number of hydrogen-bond donors (Lipinski definition) is 0. The lowest BCUT2D eigenvalue weighted by Crippen LogP contribution is -2.08. The smallest absolute Gasteiger partial charge is 0.140 e. The van der Waals surface area contributed by atoms with Crippen molar-refractivity contribution in [2.75, 3.05) is 6.61 Å². The van der Waals surface area contributed by atoms with Gasteiger partial charge in [0.1, 0.15) is 23.8 Å². The maximum Gasteiger partial charge on any atom is 0.140 e. The standard InChI is InChI=1S/C19H15FO2/c1-11-10-22-18-12(2)19-16(9-15(11)18)13(7-8-21-19)14-5-3-4-6-17(14)20/h3-7,9-10H,8H2,1-2H3. The van der Waals surface area contributed by atoms with Gasteiger partial charge >= 0.3 is 0 Å². The van der Waals surface area contributed by atoms with Crippen LogP contribution in [0.15, 0.2) is 47.1 Å². The second-order valence-electron chi connectivity index (χ2n) is 5.58. The first-order valence-electron chi connectivity index (χ1n) is 7.26. The first-order chi connectivity index (χ1) is 10.7. The molecule has 0 aliphatic carbocycles. The highest BCUT2D eigenvalue weighted by Crippen LogP contribution is 2.41. The van der Waals surface area contributed by atoms with E-state index in [9.17, 15) is 4.39 Å². The van der Waals surface area contributed by atoms with Crippen molar-refractivity contribution in [3.63, 3.8) is 0 Å². The van der Waals surface area contributed by atoms with Crippen LogP contribution in [-0.2, 0) is 0 Å². The van der Waals surface area contributed by atoms with Crippen LogP contribution in [0.3, 0.4) is 0 Å². The molecule has 0 bridgehead atoms. The van der Waals surface area contributed by atoms with Crippen molar-refractivity contribution in [1.82, 2.24) is 0 Å². The predicted molar refractivity (Wildman–Crippen MR) is 84.7 cm³/mol. The van der Waals surface area contributed by atoms with Gasteiger partial charge in [-0.15, -0.1) is 0 Å². The predicted octanol–water partition coefficient (Wildman–Crippen LogP) is 5.01. The summed E-state index contributed by atoms with van der Waals surface area (Å²) in [7, 11) is 0. The summed E-state index contributed by atoms with van der Waals surface area (Å²) in [6.45, 7) is 4.42. The Kier molecular flexibility index (Phi) is 2.83. The van der Waals surface area contributed by atoms with E-state index >= 15 is 0 Å². The Morgan fingerprint density at radius 3 is 2.73 bits per heavy atom. The maximum absolute atomic E-state index is 14.2. The van der Waals surface area contributed by atoms with Crippen molar-refractivity contribution in [2.45, 2.75) is 13.8 Å². The van der Waals surface area contributed by atoms with Gasteiger partial charge in [0.25, 0.3) is 0 Å². The molecule has 110 valence electrons. The van der Waals surface area contributed by atoms with Crippen molar-refractivity contribution >= 4 is 16.5 Å². The zero-order valence-corrected chi connectivity index (χ0v) is 12.4. The molecule has 2 heterocycles. The second-order valence-corrected chi connectivity index (χ2v) is 5.58. The fraction of sp³-hybridized carbons (Fsp3) is 0.158. The van der Waals surface area contributed by atoms with Crippen LogP contribution in [0.5, 0.6) is 5.75 Å². The molecule has 0 amide bonds. The van der Waals surface area contributed by atoms with Crippen LogP contribution in [0.25, 0.3) is 16.5 Å². The Morgan fingerprint density at radius 1 is 1.09 bits per heavy atom. The zero-order chi connectivity index (χ0) is 15.3. The summed E-state index contributed by atoms with van der Waals surface area (Å²) in [5, 5.41) is 1.05. The Morgan fingerprint density at radius 2 is 1.91 bits per heavy atom. The average Bonchev–Trinajstić information content (AvgIpc) is 2.90. The van der Waals surface area contributed by atoms with Gasteiger partial charge in [-0.25, -0.2) is 4.39 Å². The normalized spacial score (nSPS) is 13.7. The molecule has 0 fully saturated rings. The minimum atomic E-state index is -0.219. The monoisotopic (exact) mass is 294 g/mol. The number of halogens is 1. The Balaban J connectivity index is 2.02. The van der Waals surface area contributed by atoms with Crippen molar-refractivity contribution < 1.29 is 13.5 Å². The lowest BCUT2D eigenvalue weighted by atomic mass is 9.92. The number of benzene rings is 2. The molecule has 0 radical (unpaired) electrons. The van der Waals surface area contributed by atoms with Crippen LogP contribution < -0.4 is 4.74 Å². The molecule has 3 heteroatoms. The minimum Gasteiger partial charge on any atom is -0.488 e. The van der Waals surface area contributed by atoms with Crippen molar-refractivity contribution in [2.24, 2.45) is 0 Å². The molecule has 4 rings (SSSR count). The van der Waals surface area contributed by atoms with E-state index in [1.807, 2.05) is 32.1 Å². The summed E-state index contributed by atoms with van der Waals surface area (Å²) in [4.78, 5) is 0. The highest BCUT2D eigenvalue weighted by molar-refractivity contribution is 5.94. The summed E-state index contributed by atoms with van der Waals surface area (Å²) >= 11 is 0. The molecular formula is C19H15FO2. The van der Waals surface area contributed by atoms with Crippen LogP contribution in [0.2, 0.25) is 0 Å². The molecular weight excluding hydrogens is 279 g/mol. The van der Waals surface area contributed by atoms with Gasteiger partial charge in [-0.2, -0.15) is 0 Å². The van der Waals surface area contributed by atoms with Crippen LogP contribution >= 0.6 is 0 Å². The lowest BCUT2D eigenvalue weighted by Gasteiger charge is -2.21. The quantitative estimate of drug-likeness (QED) is 0.629. The average molecular weight is 294 g/mol. The van der Waals surface area contributed by atoms with Crippen LogP contribution in [0, 0.1) is 19.7 Å². The summed E-state index contributed by atoms with van der Waals surface area (Å²) < 4.78 is 25.6. The molecule has 0 spiro atoms. The summed E-state index contributed by atoms with van der Waals surface area (Å²) in [6.07, 6.45) is 3.68. The van der Waals surface area contributed by atoms with Crippen LogP contribution in [0.4, 0.5) is 4.39 Å². The molecule has 1 aliphatic heterocycles. The SMILES string of the molecule is Cc1coc2c(C)c3c(cc12)C(c1ccccc1F)=CCO3. The zero-order valence-electron chi connectivity index (χ0n) is 12.4. The molecule has 0 saturated heterocycles. The van der Waals surface area contributed by atoms with E-state index in [0.717, 1.165) is 39.0 Å². The second kappa shape index (κ2) is 4.73. The van der Waals surface area contributed by atoms with Crippen molar-refractivity contribution in [3.05, 3.63) is 70.7 Å². The third kappa shape index (κ3) is 1.78. The summed E-state index contributed by atoms with van der Waals surface area (Å²) in [6, 6.07) is 8.88.